The lowest BCUT2D eigenvalue weighted by molar-refractivity contribution is 1.23. The number of aromatic nitrogens is 1. The number of benzene rings is 1. The number of rotatable bonds is 1. The van der Waals surface area contributed by atoms with Crippen molar-refractivity contribution >= 4 is 33.9 Å². The topological polar surface area (TPSA) is 38.9 Å². The molecule has 2 nitrogen and oxygen atoms in total. The molecular weight excluding hydrogens is 240 g/mol. The van der Waals surface area contributed by atoms with Gasteiger partial charge in [-0.15, -0.1) is 0 Å². The maximum atomic E-state index is 6.09. The van der Waals surface area contributed by atoms with Crippen LogP contribution in [0.5, 0.6) is 0 Å². The molecule has 1 aliphatic rings. The third-order valence-corrected chi connectivity index (χ3v) is 4.20. The second-order valence-electron chi connectivity index (χ2n) is 4.64. The van der Waals surface area contributed by atoms with Gasteiger partial charge in [0.05, 0.1) is 5.52 Å². The molecule has 0 radical (unpaired) electrons. The highest BCUT2D eigenvalue weighted by Crippen LogP contribution is 2.29. The maximum Gasteiger partial charge on any atom is 0.0726 e. The number of fused-ring (bicyclic) bond motifs is 1. The van der Waals surface area contributed by atoms with Gasteiger partial charge in [0.2, 0.25) is 0 Å². The molecule has 1 aromatic heterocycles. The molecular formula is C15H16N2S. The van der Waals surface area contributed by atoms with Gasteiger partial charge in [-0.05, 0) is 48.4 Å². The summed E-state index contributed by atoms with van der Waals surface area (Å²) in [5.41, 5.74) is 11.6. The summed E-state index contributed by atoms with van der Waals surface area (Å²) in [5.74, 6) is 2.33. The third-order valence-electron chi connectivity index (χ3n) is 3.30. The van der Waals surface area contributed by atoms with Crippen LogP contribution in [0.25, 0.3) is 16.5 Å². The van der Waals surface area contributed by atoms with Gasteiger partial charge in [-0.3, -0.25) is 4.98 Å². The summed E-state index contributed by atoms with van der Waals surface area (Å²) in [6.45, 7) is 1.98. The Morgan fingerprint density at radius 2 is 2.17 bits per heavy atom. The summed E-state index contributed by atoms with van der Waals surface area (Å²) in [6.07, 6.45) is 3.47. The molecule has 0 unspecified atom stereocenters. The Kier molecular flexibility index (Phi) is 3.00. The Morgan fingerprint density at radius 1 is 1.28 bits per heavy atom. The molecule has 0 saturated heterocycles. The number of nitrogen functional groups attached to an aromatic ring is 1. The molecule has 2 N–H and O–H groups in total. The summed E-state index contributed by atoms with van der Waals surface area (Å²) >= 11 is 1.99. The van der Waals surface area contributed by atoms with Gasteiger partial charge in [0, 0.05) is 22.5 Å². The molecule has 2 heterocycles. The van der Waals surface area contributed by atoms with Crippen molar-refractivity contribution in [3.05, 3.63) is 41.6 Å². The molecule has 1 aliphatic heterocycles. The Morgan fingerprint density at radius 3 is 2.94 bits per heavy atom. The number of anilines is 1. The number of hydrogen-bond acceptors (Lipinski definition) is 3. The SMILES string of the molecule is Cc1cc(N)c2cc(C3=CCSCC3)ccc2n1. The first kappa shape index (κ1) is 11.6. The first-order valence-corrected chi connectivity index (χ1v) is 7.33. The van der Waals surface area contributed by atoms with Crippen LogP contribution in [0.4, 0.5) is 5.69 Å². The minimum Gasteiger partial charge on any atom is -0.398 e. The second kappa shape index (κ2) is 4.65. The zero-order chi connectivity index (χ0) is 12.5. The smallest absolute Gasteiger partial charge is 0.0726 e. The molecule has 3 heteroatoms. The second-order valence-corrected chi connectivity index (χ2v) is 5.79. The number of nitrogens with two attached hydrogens (primary N) is 1. The first-order valence-electron chi connectivity index (χ1n) is 6.18. The van der Waals surface area contributed by atoms with Crippen molar-refractivity contribution in [3.8, 4) is 0 Å². The van der Waals surface area contributed by atoms with Crippen molar-refractivity contribution < 1.29 is 0 Å². The van der Waals surface area contributed by atoms with E-state index in [9.17, 15) is 0 Å². The summed E-state index contributed by atoms with van der Waals surface area (Å²) in [4.78, 5) is 4.52. The molecule has 0 atom stereocenters. The van der Waals surface area contributed by atoms with Gasteiger partial charge in [-0.2, -0.15) is 11.8 Å². The van der Waals surface area contributed by atoms with E-state index in [-0.39, 0.29) is 0 Å². The van der Waals surface area contributed by atoms with Crippen LogP contribution in [0.1, 0.15) is 17.7 Å². The fraction of sp³-hybridized carbons (Fsp3) is 0.267. The van der Waals surface area contributed by atoms with E-state index in [2.05, 4.69) is 29.3 Å². The van der Waals surface area contributed by atoms with E-state index in [1.54, 1.807) is 0 Å². The predicted molar refractivity (Wildman–Crippen MR) is 80.8 cm³/mol. The summed E-state index contributed by atoms with van der Waals surface area (Å²) in [6, 6.07) is 8.36. The molecule has 1 aromatic carbocycles. The van der Waals surface area contributed by atoms with Crippen LogP contribution in [-0.4, -0.2) is 16.5 Å². The monoisotopic (exact) mass is 256 g/mol. The number of nitrogens with zero attached hydrogens (tertiary/aromatic N) is 1. The van der Waals surface area contributed by atoms with Gasteiger partial charge in [-0.1, -0.05) is 12.1 Å². The maximum absolute atomic E-state index is 6.09. The predicted octanol–water partition coefficient (Wildman–Crippen LogP) is 3.65. The van der Waals surface area contributed by atoms with E-state index < -0.39 is 0 Å². The van der Waals surface area contributed by atoms with Crippen molar-refractivity contribution in [2.45, 2.75) is 13.3 Å². The van der Waals surface area contributed by atoms with Crippen LogP contribution in [0.2, 0.25) is 0 Å². The Hall–Kier alpha value is -1.48. The van der Waals surface area contributed by atoms with Crippen LogP contribution < -0.4 is 5.73 Å². The number of hydrogen-bond donors (Lipinski definition) is 1. The molecule has 0 amide bonds. The van der Waals surface area contributed by atoms with Gasteiger partial charge in [-0.25, -0.2) is 0 Å². The number of allylic oxidation sites excluding steroid dienone is 1. The summed E-state index contributed by atoms with van der Waals surface area (Å²) < 4.78 is 0. The van der Waals surface area contributed by atoms with Gasteiger partial charge in [0.1, 0.15) is 0 Å². The molecule has 92 valence electrons. The summed E-state index contributed by atoms with van der Waals surface area (Å²) in [7, 11) is 0. The van der Waals surface area contributed by atoms with E-state index >= 15 is 0 Å². The van der Waals surface area contributed by atoms with Gasteiger partial charge in [0.25, 0.3) is 0 Å². The molecule has 2 aromatic rings. The fourth-order valence-corrected chi connectivity index (χ4v) is 3.23. The molecule has 0 spiro atoms. The van der Waals surface area contributed by atoms with E-state index in [1.807, 2.05) is 24.8 Å². The average molecular weight is 256 g/mol. The van der Waals surface area contributed by atoms with Crippen LogP contribution >= 0.6 is 11.8 Å². The fourth-order valence-electron chi connectivity index (χ4n) is 2.38. The number of aryl methyl sites for hydroxylation is 1. The molecule has 0 aliphatic carbocycles. The quantitative estimate of drug-likeness (QED) is 0.846. The van der Waals surface area contributed by atoms with Gasteiger partial charge < -0.3 is 5.73 Å². The minimum atomic E-state index is 0.824. The minimum absolute atomic E-state index is 0.824. The van der Waals surface area contributed by atoms with E-state index in [4.69, 9.17) is 5.73 Å². The highest BCUT2D eigenvalue weighted by atomic mass is 32.2. The van der Waals surface area contributed by atoms with Gasteiger partial charge >= 0.3 is 0 Å². The van der Waals surface area contributed by atoms with Crippen molar-refractivity contribution in [2.24, 2.45) is 0 Å². The third kappa shape index (κ3) is 2.10. The lowest BCUT2D eigenvalue weighted by Gasteiger charge is -2.14. The zero-order valence-electron chi connectivity index (χ0n) is 10.4. The Labute approximate surface area is 111 Å². The van der Waals surface area contributed by atoms with Crippen molar-refractivity contribution in [2.75, 3.05) is 17.2 Å². The van der Waals surface area contributed by atoms with Crippen molar-refractivity contribution in [3.63, 3.8) is 0 Å². The van der Waals surface area contributed by atoms with E-state index in [0.29, 0.717) is 0 Å². The number of thioether (sulfide) groups is 1. The van der Waals surface area contributed by atoms with Crippen LogP contribution in [0.3, 0.4) is 0 Å². The van der Waals surface area contributed by atoms with Crippen LogP contribution in [0, 0.1) is 6.92 Å². The lowest BCUT2D eigenvalue weighted by Crippen LogP contribution is -1.97. The molecule has 0 fully saturated rings. The molecule has 3 rings (SSSR count). The van der Waals surface area contributed by atoms with E-state index in [1.165, 1.54) is 16.9 Å². The Balaban J connectivity index is 2.13. The van der Waals surface area contributed by atoms with Gasteiger partial charge in [0.15, 0.2) is 0 Å². The van der Waals surface area contributed by atoms with E-state index in [0.717, 1.165) is 34.5 Å². The number of pyridine rings is 1. The van der Waals surface area contributed by atoms with Crippen molar-refractivity contribution in [1.82, 2.24) is 4.98 Å². The Bertz CT molecular complexity index is 632. The van der Waals surface area contributed by atoms with Crippen LogP contribution in [-0.2, 0) is 0 Å². The van der Waals surface area contributed by atoms with Crippen LogP contribution in [0.15, 0.2) is 30.3 Å². The highest BCUT2D eigenvalue weighted by molar-refractivity contribution is 7.99. The average Bonchev–Trinajstić information content (AvgIpc) is 2.39. The highest BCUT2D eigenvalue weighted by Gasteiger charge is 2.08. The summed E-state index contributed by atoms with van der Waals surface area (Å²) in [5, 5.41) is 1.07. The normalized spacial score (nSPS) is 15.7. The molecule has 0 bridgehead atoms. The largest absolute Gasteiger partial charge is 0.398 e. The lowest BCUT2D eigenvalue weighted by atomic mass is 10.0. The van der Waals surface area contributed by atoms with Crippen molar-refractivity contribution in [1.29, 1.82) is 0 Å². The standard InChI is InChI=1S/C15H16N2S/c1-10-8-14(16)13-9-12(2-3-15(13)17-10)11-4-6-18-7-5-11/h2-4,8-9H,5-7H2,1H3,(H2,16,17). The first-order chi connectivity index (χ1) is 8.74. The molecule has 18 heavy (non-hydrogen) atoms. The molecule has 0 saturated carbocycles. The zero-order valence-corrected chi connectivity index (χ0v) is 11.3.